The van der Waals surface area contributed by atoms with Gasteiger partial charge in [-0.15, -0.1) is 0 Å². The number of unbranched alkanes of at least 4 members (excludes halogenated alkanes) is 14. The van der Waals surface area contributed by atoms with Gasteiger partial charge < -0.3 is 14.2 Å². The summed E-state index contributed by atoms with van der Waals surface area (Å²) in [5.74, 6) is -0.992. The zero-order valence-corrected chi connectivity index (χ0v) is 52.9. The van der Waals surface area contributed by atoms with Gasteiger partial charge in [0.2, 0.25) is 0 Å². The van der Waals surface area contributed by atoms with Crippen molar-refractivity contribution in [3.05, 3.63) is 194 Å². The van der Waals surface area contributed by atoms with E-state index in [1.165, 1.54) is 25.7 Å². The molecule has 0 saturated heterocycles. The largest absolute Gasteiger partial charge is 0.462 e. The maximum atomic E-state index is 12.9. The molecule has 1 atom stereocenters. The fraction of sp³-hybridized carbons (Fsp3) is 0.545. The number of carbonyl (C=O) groups excluding carboxylic acids is 3. The molecule has 0 bridgehead atoms. The normalized spacial score (nSPS) is 13.4. The number of hydrogen-bond donors (Lipinski definition) is 0. The Kier molecular flexibility index (Phi) is 64.0. The molecule has 0 aliphatic rings. The van der Waals surface area contributed by atoms with Crippen molar-refractivity contribution in [1.29, 1.82) is 0 Å². The smallest absolute Gasteiger partial charge is 0.306 e. The van der Waals surface area contributed by atoms with Crippen LogP contribution in [0.25, 0.3) is 0 Å². The lowest BCUT2D eigenvalue weighted by Gasteiger charge is -2.18. The first kappa shape index (κ1) is 77.2. The zero-order chi connectivity index (χ0) is 59.9. The van der Waals surface area contributed by atoms with Gasteiger partial charge >= 0.3 is 17.9 Å². The molecule has 0 heterocycles. The van der Waals surface area contributed by atoms with Crippen molar-refractivity contribution in [1.82, 2.24) is 0 Å². The van der Waals surface area contributed by atoms with Crippen LogP contribution in [-0.2, 0) is 28.6 Å². The van der Waals surface area contributed by atoms with Gasteiger partial charge in [0, 0.05) is 19.3 Å². The summed E-state index contributed by atoms with van der Waals surface area (Å²) < 4.78 is 16.8. The molecule has 0 aromatic rings. The predicted octanol–water partition coefficient (Wildman–Crippen LogP) is 23.0. The van der Waals surface area contributed by atoms with E-state index in [-0.39, 0.29) is 37.5 Å². The van der Waals surface area contributed by atoms with Crippen LogP contribution in [0.3, 0.4) is 0 Å². The van der Waals surface area contributed by atoms with Crippen molar-refractivity contribution in [2.24, 2.45) is 0 Å². The Bertz CT molecular complexity index is 1990. The number of carbonyl (C=O) groups is 3. The maximum Gasteiger partial charge on any atom is 0.306 e. The van der Waals surface area contributed by atoms with E-state index in [2.05, 4.69) is 215 Å². The summed E-state index contributed by atoms with van der Waals surface area (Å²) in [5, 5.41) is 0. The van der Waals surface area contributed by atoms with Crippen LogP contribution in [0.4, 0.5) is 0 Å². The molecule has 0 fully saturated rings. The van der Waals surface area contributed by atoms with Gasteiger partial charge in [-0.1, -0.05) is 267 Å². The third-order valence-electron chi connectivity index (χ3n) is 13.1. The summed E-state index contributed by atoms with van der Waals surface area (Å²) in [6, 6.07) is 0. The van der Waals surface area contributed by atoms with E-state index in [0.29, 0.717) is 19.3 Å². The van der Waals surface area contributed by atoms with E-state index >= 15 is 0 Å². The van der Waals surface area contributed by atoms with Gasteiger partial charge in [-0.3, -0.25) is 14.4 Å². The van der Waals surface area contributed by atoms with Gasteiger partial charge in [0.25, 0.3) is 0 Å². The summed E-state index contributed by atoms with van der Waals surface area (Å²) in [7, 11) is 0. The average molecular weight is 1140 g/mol. The van der Waals surface area contributed by atoms with Gasteiger partial charge in [0.05, 0.1) is 0 Å². The molecule has 0 amide bonds. The van der Waals surface area contributed by atoms with Gasteiger partial charge in [-0.2, -0.15) is 0 Å². The molecule has 6 nitrogen and oxygen atoms in total. The molecule has 83 heavy (non-hydrogen) atoms. The number of rotatable bonds is 57. The van der Waals surface area contributed by atoms with E-state index in [4.69, 9.17) is 14.2 Å². The Morgan fingerprint density at radius 1 is 0.253 bits per heavy atom. The van der Waals surface area contributed by atoms with Crippen molar-refractivity contribution in [3.63, 3.8) is 0 Å². The first-order valence-corrected chi connectivity index (χ1v) is 32.9. The number of ether oxygens (including phenoxy) is 3. The summed E-state index contributed by atoms with van der Waals surface area (Å²) in [4.78, 5) is 38.3. The number of hydrogen-bond acceptors (Lipinski definition) is 6. The van der Waals surface area contributed by atoms with Crippen molar-refractivity contribution in [2.75, 3.05) is 13.2 Å². The Morgan fingerprint density at radius 2 is 0.470 bits per heavy atom. The highest BCUT2D eigenvalue weighted by atomic mass is 16.6. The zero-order valence-electron chi connectivity index (χ0n) is 52.9. The highest BCUT2D eigenvalue weighted by Crippen LogP contribution is 2.13. The molecular formula is C77H118O6. The Hall–Kier alpha value is -5.75. The molecule has 0 spiro atoms. The summed E-state index contributed by atoms with van der Waals surface area (Å²) >= 11 is 0. The first-order valence-electron chi connectivity index (χ1n) is 32.9. The standard InChI is InChI=1S/C77H118O6/c1-4-7-10-13-16-19-22-24-26-28-30-32-34-36-37-38-39-41-42-44-46-48-50-52-55-58-61-64-67-70-76(79)82-73-74(72-81-75(78)69-66-63-60-57-54-21-18-15-12-9-6-3)83-77(80)71-68-65-62-59-56-53-51-49-47-45-43-40-35-33-31-29-27-25-23-20-17-14-11-8-5-2/h7-8,10-11,15-20,24-27,30-33,36-37,39-41,43-44,46-47,49-50,52-53,56,74H,4-6,9,12-14,21-23,28-29,34-35,38,42,45,48,51,54-55,57-73H2,1-3H3/b10-7-,11-8-,18-15-,19-16-,20-17-,26-24-,27-25-,32-30-,33-31-,37-36-,41-39-,43-40-,46-44-,49-47-,52-50-,56-53-. The Labute approximate surface area is 509 Å². The van der Waals surface area contributed by atoms with Crippen molar-refractivity contribution in [2.45, 2.75) is 258 Å². The highest BCUT2D eigenvalue weighted by Gasteiger charge is 2.19. The first-order chi connectivity index (χ1) is 41.0. The van der Waals surface area contributed by atoms with Gasteiger partial charge in [0.15, 0.2) is 6.10 Å². The molecule has 0 aliphatic carbocycles. The molecular weight excluding hydrogens is 1020 g/mol. The molecule has 0 rings (SSSR count). The van der Waals surface area contributed by atoms with Crippen LogP contribution in [0.5, 0.6) is 0 Å². The van der Waals surface area contributed by atoms with E-state index < -0.39 is 6.10 Å². The van der Waals surface area contributed by atoms with Crippen LogP contribution in [-0.4, -0.2) is 37.2 Å². The lowest BCUT2D eigenvalue weighted by Crippen LogP contribution is -2.30. The number of esters is 3. The van der Waals surface area contributed by atoms with E-state index in [1.807, 2.05) is 0 Å². The lowest BCUT2D eigenvalue weighted by atomic mass is 10.1. The van der Waals surface area contributed by atoms with Crippen molar-refractivity contribution in [3.8, 4) is 0 Å². The summed E-state index contributed by atoms with van der Waals surface area (Å²) in [6.07, 6.45) is 104. The Balaban J connectivity index is 4.46. The van der Waals surface area contributed by atoms with Crippen LogP contribution in [0.2, 0.25) is 0 Å². The molecule has 0 saturated carbocycles. The van der Waals surface area contributed by atoms with Gasteiger partial charge in [0.1, 0.15) is 13.2 Å². The summed E-state index contributed by atoms with van der Waals surface area (Å²) in [5.41, 5.74) is 0. The molecule has 0 aromatic carbocycles. The predicted molar refractivity (Wildman–Crippen MR) is 361 cm³/mol. The third kappa shape index (κ3) is 66.9. The molecule has 1 unspecified atom stereocenters. The second-order valence-corrected chi connectivity index (χ2v) is 20.9. The van der Waals surface area contributed by atoms with Crippen LogP contribution in [0, 0.1) is 0 Å². The second kappa shape index (κ2) is 68.7. The highest BCUT2D eigenvalue weighted by molar-refractivity contribution is 5.71. The quantitative estimate of drug-likeness (QED) is 0.0261. The maximum absolute atomic E-state index is 12.9. The van der Waals surface area contributed by atoms with Crippen molar-refractivity contribution < 1.29 is 28.6 Å². The van der Waals surface area contributed by atoms with E-state index in [1.54, 1.807) is 0 Å². The minimum absolute atomic E-state index is 0.115. The monoisotopic (exact) mass is 1140 g/mol. The van der Waals surface area contributed by atoms with Gasteiger partial charge in [-0.25, -0.2) is 0 Å². The van der Waals surface area contributed by atoms with E-state index in [9.17, 15) is 14.4 Å². The lowest BCUT2D eigenvalue weighted by molar-refractivity contribution is -0.167. The van der Waals surface area contributed by atoms with Crippen molar-refractivity contribution >= 4 is 17.9 Å². The molecule has 6 heteroatoms. The molecule has 0 N–H and O–H groups in total. The fourth-order valence-electron chi connectivity index (χ4n) is 8.18. The van der Waals surface area contributed by atoms with E-state index in [0.717, 1.165) is 180 Å². The summed E-state index contributed by atoms with van der Waals surface area (Å²) in [6.45, 7) is 6.30. The SMILES string of the molecule is CC/C=C\C/C=C\C/C=C\C/C=C\C/C=C\C/C=C\C/C=C\C/C=C\CCCCCCC(=O)OCC(COC(=O)CCCCCCC/C=C\CCCC)OC(=O)CCCCC/C=C\C/C=C\C/C=C\C/C=C\C/C=C\C/C=C\C/C=C\CC. The fourth-order valence-corrected chi connectivity index (χ4v) is 8.18. The van der Waals surface area contributed by atoms with Crippen LogP contribution in [0.1, 0.15) is 252 Å². The molecule has 0 aromatic heterocycles. The minimum Gasteiger partial charge on any atom is -0.462 e. The molecule has 462 valence electrons. The molecule has 0 aliphatic heterocycles. The van der Waals surface area contributed by atoms with Crippen LogP contribution < -0.4 is 0 Å². The van der Waals surface area contributed by atoms with Crippen LogP contribution >= 0.6 is 0 Å². The Morgan fingerprint density at radius 3 is 0.759 bits per heavy atom. The van der Waals surface area contributed by atoms with Gasteiger partial charge in [-0.05, 0) is 161 Å². The second-order valence-electron chi connectivity index (χ2n) is 20.9. The average Bonchev–Trinajstić information content (AvgIpc) is 3.48. The topological polar surface area (TPSA) is 78.9 Å². The molecule has 0 radical (unpaired) electrons. The van der Waals surface area contributed by atoms with Crippen LogP contribution in [0.15, 0.2) is 194 Å². The minimum atomic E-state index is -0.823. The number of allylic oxidation sites excluding steroid dienone is 32. The third-order valence-corrected chi connectivity index (χ3v) is 13.1.